The first-order valence-corrected chi connectivity index (χ1v) is 13.0. The molecule has 3 aromatic rings. The van der Waals surface area contributed by atoms with Crippen LogP contribution in [-0.2, 0) is 14.1 Å². The summed E-state index contributed by atoms with van der Waals surface area (Å²) in [6.45, 7) is 5.18. The Labute approximate surface area is 221 Å². The largest absolute Gasteiger partial charge is 0.478 e. The highest BCUT2D eigenvalue weighted by Crippen LogP contribution is 2.28. The molecule has 4 rings (SSSR count). The van der Waals surface area contributed by atoms with Gasteiger partial charge in [0.25, 0.3) is 11.5 Å². The number of carbonyl (C=O) groups is 1. The quantitative estimate of drug-likeness (QED) is 0.309. The van der Waals surface area contributed by atoms with Gasteiger partial charge in [0.1, 0.15) is 5.02 Å². The molecule has 1 aromatic carbocycles. The lowest BCUT2D eigenvalue weighted by Crippen LogP contribution is -2.46. The maximum absolute atomic E-state index is 12.8. The molecule has 2 unspecified atom stereocenters. The zero-order valence-corrected chi connectivity index (χ0v) is 22.5. The Morgan fingerprint density at radius 1 is 1.29 bits per heavy atom. The number of amides is 1. The maximum Gasteiger partial charge on any atom is 0.294 e. The normalized spacial score (nSPS) is 17.9. The first-order valence-electron chi connectivity index (χ1n) is 11.1. The van der Waals surface area contributed by atoms with Crippen molar-refractivity contribution in [3.8, 4) is 5.75 Å². The minimum atomic E-state index is -0.320. The van der Waals surface area contributed by atoms with Crippen LogP contribution in [0.1, 0.15) is 13.8 Å². The number of hydrogen-bond acceptors (Lipinski definition) is 8. The van der Waals surface area contributed by atoms with Crippen LogP contribution in [0.4, 0.5) is 17.5 Å². The topological polar surface area (TPSA) is 111 Å². The van der Waals surface area contributed by atoms with Crippen molar-refractivity contribution in [1.82, 2.24) is 19.9 Å². The number of alkyl halides is 1. The second-order valence-corrected chi connectivity index (χ2v) is 9.34. The Kier molecular flexibility index (Phi) is 7.97. The number of ether oxygens (including phenoxy) is 2. The van der Waals surface area contributed by atoms with Gasteiger partial charge in [-0.2, -0.15) is 4.98 Å². The molecule has 1 amide bonds. The summed E-state index contributed by atoms with van der Waals surface area (Å²) in [5, 5.41) is 6.89. The first-order chi connectivity index (χ1) is 16.8. The predicted molar refractivity (Wildman–Crippen MR) is 144 cm³/mol. The number of fused-ring (bicyclic) bond motifs is 1. The first kappa shape index (κ1) is 25.5. The fourth-order valence-corrected chi connectivity index (χ4v) is 4.77. The smallest absolute Gasteiger partial charge is 0.294 e. The molecule has 2 N–H and O–H groups in total. The fourth-order valence-electron chi connectivity index (χ4n) is 3.95. The summed E-state index contributed by atoms with van der Waals surface area (Å²) in [5.41, 5.74) is 1.17. The highest BCUT2D eigenvalue weighted by atomic mass is 127. The number of carbonyl (C=O) groups excluding carboxylic acids is 1. The summed E-state index contributed by atoms with van der Waals surface area (Å²) in [6, 6.07) is 7.22. The third-order valence-corrected chi connectivity index (χ3v) is 6.47. The van der Waals surface area contributed by atoms with Crippen LogP contribution in [-0.4, -0.2) is 59.4 Å². The van der Waals surface area contributed by atoms with Gasteiger partial charge in [-0.25, -0.2) is 4.98 Å². The molecule has 1 saturated heterocycles. The second-order valence-electron chi connectivity index (χ2n) is 8.25. The zero-order valence-electron chi connectivity index (χ0n) is 19.5. The number of likely N-dealkylation sites (N-methyl/N-ethyl adjacent to an activating group) is 1. The van der Waals surface area contributed by atoms with Gasteiger partial charge in [-0.1, -0.05) is 34.2 Å². The number of nitrogens with one attached hydrogen (secondary N) is 2. The van der Waals surface area contributed by atoms with Crippen molar-refractivity contribution in [2.24, 2.45) is 0 Å². The third kappa shape index (κ3) is 5.78. The van der Waals surface area contributed by atoms with E-state index in [0.717, 1.165) is 16.6 Å². The van der Waals surface area contributed by atoms with Crippen LogP contribution in [0.15, 0.2) is 35.3 Å². The molecule has 35 heavy (non-hydrogen) atoms. The predicted octanol–water partition coefficient (Wildman–Crippen LogP) is 3.32. The van der Waals surface area contributed by atoms with E-state index >= 15 is 0 Å². The molecule has 2 atom stereocenters. The van der Waals surface area contributed by atoms with Crippen molar-refractivity contribution in [3.63, 3.8) is 0 Å². The lowest BCUT2D eigenvalue weighted by atomic mass is 10.2. The average Bonchev–Trinajstić information content (AvgIpc) is 2.83. The summed E-state index contributed by atoms with van der Waals surface area (Å²) >= 11 is 8.52. The van der Waals surface area contributed by atoms with Crippen LogP contribution < -0.4 is 25.8 Å². The summed E-state index contributed by atoms with van der Waals surface area (Å²) in [6.07, 6.45) is 1.73. The Morgan fingerprint density at radius 2 is 2.03 bits per heavy atom. The number of anilines is 3. The molecule has 1 aliphatic heterocycles. The van der Waals surface area contributed by atoms with Gasteiger partial charge in [0.2, 0.25) is 5.95 Å². The molecule has 0 radical (unpaired) electrons. The molecule has 2 aromatic heterocycles. The fraction of sp³-hybridized carbons (Fsp3) is 0.391. The van der Waals surface area contributed by atoms with Gasteiger partial charge in [0, 0.05) is 31.2 Å². The van der Waals surface area contributed by atoms with E-state index in [1.807, 2.05) is 32.0 Å². The van der Waals surface area contributed by atoms with E-state index in [4.69, 9.17) is 21.1 Å². The lowest BCUT2D eigenvalue weighted by Gasteiger charge is -2.35. The van der Waals surface area contributed by atoms with Gasteiger partial charge >= 0.3 is 0 Å². The number of rotatable bonds is 7. The summed E-state index contributed by atoms with van der Waals surface area (Å²) in [7, 11) is 1.51. The minimum absolute atomic E-state index is 0.0743. The lowest BCUT2D eigenvalue weighted by molar-refractivity contribution is -0.122. The molecule has 0 saturated carbocycles. The van der Waals surface area contributed by atoms with Crippen molar-refractivity contribution in [2.75, 3.05) is 37.0 Å². The van der Waals surface area contributed by atoms with Crippen LogP contribution >= 0.6 is 34.2 Å². The van der Waals surface area contributed by atoms with E-state index in [-0.39, 0.29) is 36.0 Å². The van der Waals surface area contributed by atoms with Gasteiger partial charge in [0.15, 0.2) is 18.2 Å². The van der Waals surface area contributed by atoms with E-state index < -0.39 is 0 Å². The van der Waals surface area contributed by atoms with Crippen molar-refractivity contribution in [3.05, 3.63) is 45.8 Å². The molecule has 3 heterocycles. The van der Waals surface area contributed by atoms with E-state index in [2.05, 4.69) is 48.1 Å². The number of aromatic nitrogens is 3. The van der Waals surface area contributed by atoms with Crippen LogP contribution in [0.2, 0.25) is 5.02 Å². The van der Waals surface area contributed by atoms with Crippen molar-refractivity contribution in [1.29, 1.82) is 0 Å². The van der Waals surface area contributed by atoms with Crippen LogP contribution in [0.5, 0.6) is 5.75 Å². The Hall–Kier alpha value is -2.64. The van der Waals surface area contributed by atoms with Crippen molar-refractivity contribution in [2.45, 2.75) is 30.6 Å². The number of hydrogen-bond donors (Lipinski definition) is 2. The Morgan fingerprint density at radius 3 is 2.71 bits per heavy atom. The second kappa shape index (κ2) is 11.0. The average molecular weight is 613 g/mol. The monoisotopic (exact) mass is 612 g/mol. The van der Waals surface area contributed by atoms with E-state index in [9.17, 15) is 9.59 Å². The van der Waals surface area contributed by atoms with E-state index in [0.29, 0.717) is 34.4 Å². The highest BCUT2D eigenvalue weighted by Gasteiger charge is 2.24. The molecular formula is C23H26ClIN6O4. The number of nitrogens with zero attached hydrogens (tertiary/aromatic N) is 4. The molecule has 0 aliphatic carbocycles. The van der Waals surface area contributed by atoms with Gasteiger partial charge < -0.3 is 25.0 Å². The SMILES string of the molecule is CNC(=O)COc1cc2cc(Nc3nc(N4CC(C)OC(C)C4)ncc3Cl)ccc2n(CI)c1=O. The highest BCUT2D eigenvalue weighted by molar-refractivity contribution is 14.1. The molecule has 10 nitrogen and oxygen atoms in total. The zero-order chi connectivity index (χ0) is 25.1. The number of benzene rings is 1. The third-order valence-electron chi connectivity index (χ3n) is 5.51. The minimum Gasteiger partial charge on any atom is -0.478 e. The van der Waals surface area contributed by atoms with Gasteiger partial charge in [-0.3, -0.25) is 14.2 Å². The molecule has 186 valence electrons. The van der Waals surface area contributed by atoms with Gasteiger partial charge in [-0.05, 0) is 38.1 Å². The van der Waals surface area contributed by atoms with E-state index in [1.54, 1.807) is 16.8 Å². The van der Waals surface area contributed by atoms with Crippen molar-refractivity contribution < 1.29 is 14.3 Å². The van der Waals surface area contributed by atoms with Crippen LogP contribution in [0.25, 0.3) is 10.9 Å². The van der Waals surface area contributed by atoms with Crippen molar-refractivity contribution >= 4 is 68.5 Å². The standard InChI is InChI=1S/C23H26ClIN6O4/c1-13-9-30(10-14(2)35-13)23-27-8-17(24)21(29-23)28-16-4-5-18-15(6-16)7-19(22(33)31(18)12-25)34-11-20(32)26-3/h4-8,13-14H,9-12H2,1-3H3,(H,26,32)(H,27,28,29). The molecule has 0 bridgehead atoms. The summed E-state index contributed by atoms with van der Waals surface area (Å²) < 4.78 is 13.3. The van der Waals surface area contributed by atoms with Gasteiger partial charge in [-0.15, -0.1) is 0 Å². The van der Waals surface area contributed by atoms with Gasteiger partial charge in [0.05, 0.1) is 28.5 Å². The maximum atomic E-state index is 12.8. The number of halogens is 2. The molecule has 1 fully saturated rings. The molecule has 0 spiro atoms. The van der Waals surface area contributed by atoms with Crippen LogP contribution in [0, 0.1) is 0 Å². The summed E-state index contributed by atoms with van der Waals surface area (Å²) in [4.78, 5) is 35.5. The molecule has 1 aliphatic rings. The summed E-state index contributed by atoms with van der Waals surface area (Å²) in [5.74, 6) is 0.830. The van der Waals surface area contributed by atoms with Crippen LogP contribution in [0.3, 0.4) is 0 Å². The number of pyridine rings is 1. The Bertz CT molecular complexity index is 1290. The molecular weight excluding hydrogens is 587 g/mol. The Balaban J connectivity index is 1.65. The van der Waals surface area contributed by atoms with E-state index in [1.165, 1.54) is 7.05 Å². The molecule has 12 heteroatoms. The number of morpholine rings is 1.